The zero-order valence-corrected chi connectivity index (χ0v) is 16.2. The Morgan fingerprint density at radius 3 is 2.41 bits per heavy atom. The highest BCUT2D eigenvalue weighted by molar-refractivity contribution is 5.80. The average molecular weight is 369 g/mol. The lowest BCUT2D eigenvalue weighted by molar-refractivity contribution is -0.134. The second-order valence-electron chi connectivity index (χ2n) is 7.53. The van der Waals surface area contributed by atoms with Gasteiger partial charge in [-0.1, -0.05) is 26.0 Å². The number of hydrogen-bond acceptors (Lipinski definition) is 4. The van der Waals surface area contributed by atoms with Crippen LogP contribution in [0.25, 0.3) is 11.5 Å². The number of aryl methyl sites for hydroxylation is 1. The van der Waals surface area contributed by atoms with Gasteiger partial charge in [0.05, 0.1) is 12.1 Å². The smallest absolute Gasteiger partial charge is 0.228 e. The summed E-state index contributed by atoms with van der Waals surface area (Å²) < 4.78 is 5.79. The fraction of sp³-hybridized carbons (Fsp3) is 0.476. The molecule has 3 rings (SSSR count). The molecule has 6 heteroatoms. The lowest BCUT2D eigenvalue weighted by Crippen LogP contribution is -2.42. The van der Waals surface area contributed by atoms with E-state index in [2.05, 4.69) is 31.0 Å². The molecule has 0 unspecified atom stereocenters. The maximum absolute atomic E-state index is 12.6. The van der Waals surface area contributed by atoms with Crippen molar-refractivity contribution in [3.63, 3.8) is 0 Å². The maximum atomic E-state index is 12.6. The molecule has 2 heterocycles. The van der Waals surface area contributed by atoms with E-state index in [9.17, 15) is 9.59 Å². The van der Waals surface area contributed by atoms with Crippen LogP contribution in [-0.4, -0.2) is 34.8 Å². The van der Waals surface area contributed by atoms with E-state index < -0.39 is 0 Å². The molecular weight excluding hydrogens is 342 g/mol. The normalized spacial score (nSPS) is 15.3. The second-order valence-corrected chi connectivity index (χ2v) is 7.53. The van der Waals surface area contributed by atoms with Crippen molar-refractivity contribution >= 4 is 11.8 Å². The standard InChI is InChI=1S/C21H27N3O3/c1-13(2)15-4-6-17(7-5-15)21-23-18(14(3)27-21)12-19(25)24-10-8-16(9-11-24)20(22)26/h4-7,13,16H,8-12H2,1-3H3,(H2,22,26). The third-order valence-corrected chi connectivity index (χ3v) is 5.29. The van der Waals surface area contributed by atoms with E-state index in [1.165, 1.54) is 5.56 Å². The van der Waals surface area contributed by atoms with Gasteiger partial charge in [0.25, 0.3) is 0 Å². The second kappa shape index (κ2) is 7.94. The zero-order valence-electron chi connectivity index (χ0n) is 16.2. The molecule has 6 nitrogen and oxygen atoms in total. The van der Waals surface area contributed by atoms with Gasteiger partial charge in [0.15, 0.2) is 0 Å². The van der Waals surface area contributed by atoms with Crippen molar-refractivity contribution in [2.24, 2.45) is 11.7 Å². The molecule has 0 saturated carbocycles. The number of hydrogen-bond donors (Lipinski definition) is 1. The monoisotopic (exact) mass is 369 g/mol. The summed E-state index contributed by atoms with van der Waals surface area (Å²) in [6.07, 6.45) is 1.47. The van der Waals surface area contributed by atoms with E-state index in [0.717, 1.165) is 5.56 Å². The fourth-order valence-corrected chi connectivity index (χ4v) is 3.39. The molecule has 0 atom stereocenters. The van der Waals surface area contributed by atoms with Crippen LogP contribution in [0.1, 0.15) is 49.6 Å². The highest BCUT2D eigenvalue weighted by atomic mass is 16.4. The number of rotatable bonds is 5. The average Bonchev–Trinajstić information content (AvgIpc) is 3.02. The topological polar surface area (TPSA) is 89.4 Å². The van der Waals surface area contributed by atoms with Gasteiger partial charge < -0.3 is 15.1 Å². The molecule has 0 spiro atoms. The molecule has 1 saturated heterocycles. The quantitative estimate of drug-likeness (QED) is 0.877. The molecule has 1 fully saturated rings. The van der Waals surface area contributed by atoms with E-state index in [1.807, 2.05) is 19.1 Å². The predicted molar refractivity (Wildman–Crippen MR) is 103 cm³/mol. The Morgan fingerprint density at radius 1 is 1.22 bits per heavy atom. The van der Waals surface area contributed by atoms with Crippen molar-refractivity contribution in [3.8, 4) is 11.5 Å². The summed E-state index contributed by atoms with van der Waals surface area (Å²) in [6, 6.07) is 8.15. The number of oxazole rings is 1. The van der Waals surface area contributed by atoms with Crippen molar-refractivity contribution < 1.29 is 14.0 Å². The van der Waals surface area contributed by atoms with Crippen LogP contribution in [-0.2, 0) is 16.0 Å². The summed E-state index contributed by atoms with van der Waals surface area (Å²) in [4.78, 5) is 30.2. The van der Waals surface area contributed by atoms with Gasteiger partial charge in [-0.05, 0) is 43.4 Å². The summed E-state index contributed by atoms with van der Waals surface area (Å²) in [6.45, 7) is 7.27. The Bertz CT molecular complexity index is 816. The van der Waals surface area contributed by atoms with E-state index in [0.29, 0.717) is 49.2 Å². The highest BCUT2D eigenvalue weighted by Gasteiger charge is 2.27. The molecule has 2 N–H and O–H groups in total. The molecule has 1 aromatic heterocycles. The van der Waals surface area contributed by atoms with Crippen LogP contribution in [0.4, 0.5) is 0 Å². The number of primary amides is 1. The third-order valence-electron chi connectivity index (χ3n) is 5.29. The number of aromatic nitrogens is 1. The first-order valence-electron chi connectivity index (χ1n) is 9.49. The molecule has 0 aliphatic carbocycles. The number of likely N-dealkylation sites (tertiary alicyclic amines) is 1. The Labute approximate surface area is 159 Å². The van der Waals surface area contributed by atoms with Gasteiger partial charge in [0.2, 0.25) is 17.7 Å². The summed E-state index contributed by atoms with van der Waals surface area (Å²) in [5.74, 6) is 1.29. The van der Waals surface area contributed by atoms with Crippen molar-refractivity contribution in [1.82, 2.24) is 9.88 Å². The zero-order chi connectivity index (χ0) is 19.6. The SMILES string of the molecule is Cc1oc(-c2ccc(C(C)C)cc2)nc1CC(=O)N1CCC(C(N)=O)CC1. The minimum atomic E-state index is -0.275. The van der Waals surface area contributed by atoms with Gasteiger partial charge in [0, 0.05) is 24.6 Å². The van der Waals surface area contributed by atoms with Crippen LogP contribution in [0.2, 0.25) is 0 Å². The van der Waals surface area contributed by atoms with E-state index in [-0.39, 0.29) is 24.2 Å². The molecule has 144 valence electrons. The van der Waals surface area contributed by atoms with Crippen molar-refractivity contribution in [1.29, 1.82) is 0 Å². The summed E-state index contributed by atoms with van der Waals surface area (Å²) in [7, 11) is 0. The van der Waals surface area contributed by atoms with E-state index >= 15 is 0 Å². The van der Waals surface area contributed by atoms with Crippen LogP contribution >= 0.6 is 0 Å². The number of piperidine rings is 1. The molecule has 2 aromatic rings. The van der Waals surface area contributed by atoms with Crippen LogP contribution in [0.3, 0.4) is 0 Å². The molecule has 0 radical (unpaired) electrons. The Hall–Kier alpha value is -2.63. The summed E-state index contributed by atoms with van der Waals surface area (Å²) in [5.41, 5.74) is 8.18. The molecule has 0 bridgehead atoms. The number of benzene rings is 1. The van der Waals surface area contributed by atoms with Crippen LogP contribution < -0.4 is 5.73 Å². The van der Waals surface area contributed by atoms with Gasteiger partial charge >= 0.3 is 0 Å². The van der Waals surface area contributed by atoms with Crippen LogP contribution in [0.5, 0.6) is 0 Å². The van der Waals surface area contributed by atoms with Crippen LogP contribution in [0.15, 0.2) is 28.7 Å². The Kier molecular flexibility index (Phi) is 5.63. The van der Waals surface area contributed by atoms with Crippen molar-refractivity contribution in [3.05, 3.63) is 41.3 Å². The van der Waals surface area contributed by atoms with Gasteiger partial charge in [-0.3, -0.25) is 9.59 Å². The first kappa shape index (κ1) is 19.1. The van der Waals surface area contributed by atoms with Crippen molar-refractivity contribution in [2.45, 2.75) is 46.0 Å². The molecular formula is C21H27N3O3. The Morgan fingerprint density at radius 2 is 1.85 bits per heavy atom. The van der Waals surface area contributed by atoms with Gasteiger partial charge in [-0.2, -0.15) is 0 Å². The predicted octanol–water partition coefficient (Wildman–Crippen LogP) is 3.04. The highest BCUT2D eigenvalue weighted by Crippen LogP contribution is 2.25. The lowest BCUT2D eigenvalue weighted by Gasteiger charge is -2.30. The molecule has 1 aromatic carbocycles. The molecule has 1 aliphatic heterocycles. The minimum Gasteiger partial charge on any atom is -0.441 e. The van der Waals surface area contributed by atoms with Crippen LogP contribution in [0, 0.1) is 12.8 Å². The largest absolute Gasteiger partial charge is 0.441 e. The van der Waals surface area contributed by atoms with Gasteiger partial charge in [-0.15, -0.1) is 0 Å². The van der Waals surface area contributed by atoms with E-state index in [4.69, 9.17) is 10.2 Å². The molecule has 2 amide bonds. The minimum absolute atomic E-state index is 0.0102. The number of carbonyl (C=O) groups is 2. The molecule has 27 heavy (non-hydrogen) atoms. The fourth-order valence-electron chi connectivity index (χ4n) is 3.39. The lowest BCUT2D eigenvalue weighted by atomic mass is 9.96. The summed E-state index contributed by atoms with van der Waals surface area (Å²) in [5, 5.41) is 0. The van der Waals surface area contributed by atoms with Crippen molar-refractivity contribution in [2.75, 3.05) is 13.1 Å². The van der Waals surface area contributed by atoms with Gasteiger partial charge in [0.1, 0.15) is 5.76 Å². The maximum Gasteiger partial charge on any atom is 0.228 e. The molecule has 1 aliphatic rings. The summed E-state index contributed by atoms with van der Waals surface area (Å²) >= 11 is 0. The first-order chi connectivity index (χ1) is 12.8. The number of amides is 2. The van der Waals surface area contributed by atoms with E-state index in [1.54, 1.807) is 4.90 Å². The number of carbonyl (C=O) groups excluding carboxylic acids is 2. The number of nitrogens with zero attached hydrogens (tertiary/aromatic N) is 2. The number of nitrogens with two attached hydrogens (primary N) is 1. The first-order valence-corrected chi connectivity index (χ1v) is 9.49. The third kappa shape index (κ3) is 4.38. The Balaban J connectivity index is 1.66. The van der Waals surface area contributed by atoms with Gasteiger partial charge in [-0.25, -0.2) is 4.98 Å².